The SMILES string of the molecule is C=C[C@]1(C)C[C@@H](OC(=O)NC(=O)C2CCN(c3cc4c(cc3F)c(=O)c(C(=O)O)cn4-c3ccc(F)cc3F)CC2)[C@@]2(C)C3C(=O)CCC3(CC[C@H]2C)[C@@H](C)[C@@H]1O. The molecule has 1 saturated heterocycles. The summed E-state index contributed by atoms with van der Waals surface area (Å²) >= 11 is 0. The average Bonchev–Trinajstić information content (AvgIpc) is 3.53. The normalized spacial score (nSPS) is 31.6. The Hall–Kier alpha value is -4.98. The minimum absolute atomic E-state index is 0.00570. The number of carbonyl (C=O) groups excluding carboxylic acids is 3. The van der Waals surface area contributed by atoms with Crippen LogP contribution < -0.4 is 15.6 Å². The number of carboxylic acids is 1. The zero-order chi connectivity index (χ0) is 41.4. The number of carbonyl (C=O) groups is 4. The molecule has 1 aliphatic heterocycles. The molecule has 1 aromatic heterocycles. The van der Waals surface area contributed by atoms with Crippen molar-refractivity contribution in [3.05, 3.63) is 82.4 Å². The van der Waals surface area contributed by atoms with Gasteiger partial charge in [-0.15, -0.1) is 6.58 Å². The first kappa shape index (κ1) is 40.2. The number of anilines is 1. The second kappa shape index (κ2) is 14.4. The van der Waals surface area contributed by atoms with Crippen LogP contribution in [0.25, 0.3) is 16.6 Å². The lowest BCUT2D eigenvalue weighted by atomic mass is 9.44. The van der Waals surface area contributed by atoms with Crippen molar-refractivity contribution < 1.29 is 47.3 Å². The summed E-state index contributed by atoms with van der Waals surface area (Å²) in [5.74, 6) is -6.11. The molecule has 7 rings (SSSR count). The average molecular weight is 792 g/mol. The molecule has 0 spiro atoms. The van der Waals surface area contributed by atoms with Gasteiger partial charge in [-0.1, -0.05) is 33.8 Å². The fraction of sp³-hybridized carbons (Fsp3) is 0.512. The predicted octanol–water partition coefficient (Wildman–Crippen LogP) is 6.94. The van der Waals surface area contributed by atoms with Crippen molar-refractivity contribution >= 4 is 40.3 Å². The topological polar surface area (TPSA) is 155 Å². The summed E-state index contributed by atoms with van der Waals surface area (Å²) in [6, 6.07) is 4.83. The lowest BCUT2D eigenvalue weighted by Gasteiger charge is -2.61. The Bertz CT molecular complexity index is 2250. The second-order valence-electron chi connectivity index (χ2n) is 17.2. The molecule has 3 N–H and O–H groups in total. The summed E-state index contributed by atoms with van der Waals surface area (Å²) in [5, 5.41) is 23.5. The number of hydrogen-bond donors (Lipinski definition) is 3. The van der Waals surface area contributed by atoms with E-state index in [-0.39, 0.29) is 72.2 Å². The van der Waals surface area contributed by atoms with E-state index in [9.17, 15) is 43.0 Å². The molecule has 2 heterocycles. The third kappa shape index (κ3) is 6.44. The van der Waals surface area contributed by atoms with Gasteiger partial charge in [0.25, 0.3) is 0 Å². The van der Waals surface area contributed by atoms with Crippen LogP contribution in [0.2, 0.25) is 0 Å². The predicted molar refractivity (Wildman–Crippen MR) is 204 cm³/mol. The summed E-state index contributed by atoms with van der Waals surface area (Å²) in [7, 11) is 0. The fourth-order valence-electron chi connectivity index (χ4n) is 10.9. The van der Waals surface area contributed by atoms with Gasteiger partial charge in [0, 0.05) is 59.8 Å². The molecular formula is C43H48F3N3O8. The Morgan fingerprint density at radius 3 is 2.32 bits per heavy atom. The minimum atomic E-state index is -1.61. The first-order valence-electron chi connectivity index (χ1n) is 19.5. The van der Waals surface area contributed by atoms with Gasteiger partial charge in [0.05, 0.1) is 23.0 Å². The van der Waals surface area contributed by atoms with E-state index in [0.29, 0.717) is 18.9 Å². The number of piperidine rings is 1. The van der Waals surface area contributed by atoms with Crippen molar-refractivity contribution in [3.63, 3.8) is 0 Å². The van der Waals surface area contributed by atoms with Crippen molar-refractivity contribution in [2.75, 3.05) is 18.0 Å². The molecule has 3 aromatic rings. The highest BCUT2D eigenvalue weighted by molar-refractivity contribution is 5.95. The number of nitrogens with zero attached hydrogens (tertiary/aromatic N) is 2. The number of aromatic carboxylic acids is 1. The number of imide groups is 1. The van der Waals surface area contributed by atoms with Crippen LogP contribution in [-0.4, -0.2) is 63.8 Å². The molecule has 8 atom stereocenters. The summed E-state index contributed by atoms with van der Waals surface area (Å²) in [6.07, 6.45) is 3.23. The summed E-state index contributed by atoms with van der Waals surface area (Å²) in [6.45, 7) is 12.3. The molecule has 2 amide bonds. The summed E-state index contributed by atoms with van der Waals surface area (Å²) < 4.78 is 51.7. The molecule has 14 heteroatoms. The Morgan fingerprint density at radius 2 is 1.67 bits per heavy atom. The highest BCUT2D eigenvalue weighted by Gasteiger charge is 2.68. The van der Waals surface area contributed by atoms with Crippen LogP contribution in [-0.2, 0) is 14.3 Å². The maximum Gasteiger partial charge on any atom is 0.414 e. The standard InChI is InChI=1S/C43H48F3N3O8/c1-6-41(4)20-34(42(5)22(2)9-13-43(23(3)37(41)52)14-10-33(50)36(42)43)57-40(56)47-38(53)24-11-15-48(16-12-24)32-19-31-26(18-29(32)46)35(51)27(39(54)55)21-49(31)30-8-7-25(44)17-28(30)45/h6-8,17-19,21-24,34,36-37,52H,1,9-16,20H2,2-5H3,(H,54,55)(H,47,53,56)/t22-,23+,34-,36?,37+,41-,42+,43?/m1/s1. The molecule has 2 bridgehead atoms. The van der Waals surface area contributed by atoms with Gasteiger partial charge in [-0.3, -0.25) is 19.7 Å². The lowest BCUT2D eigenvalue weighted by molar-refractivity contribution is -0.191. The van der Waals surface area contributed by atoms with Gasteiger partial charge in [0.2, 0.25) is 11.3 Å². The van der Waals surface area contributed by atoms with Crippen molar-refractivity contribution in [2.24, 2.45) is 39.9 Å². The number of fused-ring (bicyclic) bond motifs is 1. The van der Waals surface area contributed by atoms with E-state index in [2.05, 4.69) is 18.8 Å². The number of nitrogens with one attached hydrogen (secondary N) is 1. The van der Waals surface area contributed by atoms with Crippen molar-refractivity contribution in [1.82, 2.24) is 9.88 Å². The Kier molecular flexibility index (Phi) is 10.2. The van der Waals surface area contributed by atoms with Gasteiger partial charge in [-0.2, -0.15) is 0 Å². The number of alkyl carbamates (subject to hydrolysis) is 1. The van der Waals surface area contributed by atoms with E-state index >= 15 is 4.39 Å². The Balaban J connectivity index is 1.10. The molecule has 4 aliphatic rings. The van der Waals surface area contributed by atoms with Crippen LogP contribution in [0.4, 0.5) is 23.7 Å². The number of aliphatic hydroxyl groups is 1. The minimum Gasteiger partial charge on any atom is -0.477 e. The number of aromatic nitrogens is 1. The second-order valence-corrected chi connectivity index (χ2v) is 17.2. The van der Waals surface area contributed by atoms with Crippen LogP contribution in [0.3, 0.4) is 0 Å². The molecule has 0 radical (unpaired) electrons. The van der Waals surface area contributed by atoms with Crippen LogP contribution >= 0.6 is 0 Å². The molecule has 4 fully saturated rings. The molecule has 3 aliphatic carbocycles. The third-order valence-electron chi connectivity index (χ3n) is 14.5. The van der Waals surface area contributed by atoms with Crippen molar-refractivity contribution in [2.45, 2.75) is 84.8 Å². The monoisotopic (exact) mass is 791 g/mol. The lowest BCUT2D eigenvalue weighted by Crippen LogP contribution is -2.63. The van der Waals surface area contributed by atoms with Gasteiger partial charge in [-0.05, 0) is 80.0 Å². The number of hydrogen-bond acceptors (Lipinski definition) is 8. The Morgan fingerprint density at radius 1 is 0.982 bits per heavy atom. The highest BCUT2D eigenvalue weighted by Crippen LogP contribution is 2.68. The zero-order valence-electron chi connectivity index (χ0n) is 32.4. The largest absolute Gasteiger partial charge is 0.477 e. The van der Waals surface area contributed by atoms with E-state index in [0.717, 1.165) is 41.8 Å². The van der Waals surface area contributed by atoms with Gasteiger partial charge in [-0.25, -0.2) is 22.8 Å². The number of carboxylic acid groups (broad SMARTS) is 1. The number of halogens is 3. The van der Waals surface area contributed by atoms with E-state index < -0.39 is 86.7 Å². The number of benzene rings is 2. The third-order valence-corrected chi connectivity index (χ3v) is 14.5. The fourth-order valence-corrected chi connectivity index (χ4v) is 10.9. The van der Waals surface area contributed by atoms with Crippen LogP contribution in [0, 0.1) is 57.4 Å². The zero-order valence-corrected chi connectivity index (χ0v) is 32.4. The highest BCUT2D eigenvalue weighted by atomic mass is 19.1. The van der Waals surface area contributed by atoms with Gasteiger partial charge in [0.15, 0.2) is 0 Å². The van der Waals surface area contributed by atoms with Crippen molar-refractivity contribution in [3.8, 4) is 5.69 Å². The summed E-state index contributed by atoms with van der Waals surface area (Å²) in [4.78, 5) is 67.5. The molecule has 2 unspecified atom stereocenters. The maximum atomic E-state index is 15.7. The van der Waals surface area contributed by atoms with Crippen LogP contribution in [0.1, 0.15) is 83.0 Å². The smallest absolute Gasteiger partial charge is 0.414 e. The molecule has 11 nitrogen and oxygen atoms in total. The molecule has 304 valence electrons. The molecule has 57 heavy (non-hydrogen) atoms. The number of pyridine rings is 1. The number of ether oxygens (including phenoxy) is 1. The number of amides is 2. The van der Waals surface area contributed by atoms with Crippen LogP contribution in [0.5, 0.6) is 0 Å². The first-order chi connectivity index (χ1) is 26.9. The maximum absolute atomic E-state index is 15.7. The van der Waals surface area contributed by atoms with E-state index in [4.69, 9.17) is 4.74 Å². The van der Waals surface area contributed by atoms with Gasteiger partial charge >= 0.3 is 12.1 Å². The van der Waals surface area contributed by atoms with E-state index in [1.807, 2.05) is 20.8 Å². The molecule has 2 aromatic carbocycles. The van der Waals surface area contributed by atoms with Crippen LogP contribution in [0.15, 0.2) is 54.0 Å². The van der Waals surface area contributed by atoms with E-state index in [1.54, 1.807) is 11.0 Å². The van der Waals surface area contributed by atoms with Gasteiger partial charge in [0.1, 0.15) is 34.9 Å². The first-order valence-corrected chi connectivity index (χ1v) is 19.5. The number of Topliss-reactive ketones (excluding diaryl/α,β-unsaturated/α-hetero) is 1. The molecule has 3 saturated carbocycles. The number of rotatable bonds is 6. The number of aliphatic hydroxyl groups excluding tert-OH is 1. The van der Waals surface area contributed by atoms with E-state index in [1.165, 1.54) is 6.07 Å². The van der Waals surface area contributed by atoms with Crippen molar-refractivity contribution in [1.29, 1.82) is 0 Å². The Labute approximate surface area is 327 Å². The summed E-state index contributed by atoms with van der Waals surface area (Å²) in [5.41, 5.74) is -4.04. The number of ketones is 1. The molecular weight excluding hydrogens is 743 g/mol. The van der Waals surface area contributed by atoms with Gasteiger partial charge < -0.3 is 24.4 Å². The quantitative estimate of drug-likeness (QED) is 0.225.